The molecule has 122 valence electrons. The van der Waals surface area contributed by atoms with Crippen LogP contribution < -0.4 is 0 Å². The molecule has 6 nitrogen and oxygen atoms in total. The van der Waals surface area contributed by atoms with E-state index in [1.54, 1.807) is 24.3 Å². The second-order valence-electron chi connectivity index (χ2n) is 4.72. The summed E-state index contributed by atoms with van der Waals surface area (Å²) in [6.45, 7) is -0.0207. The van der Waals surface area contributed by atoms with Gasteiger partial charge in [0.2, 0.25) is 15.8 Å². The minimum Gasteiger partial charge on any atom is -0.258 e. The molecule has 0 aromatic heterocycles. The average molecular weight is 359 g/mol. The Kier molecular flexibility index (Phi) is 4.98. The lowest BCUT2D eigenvalue weighted by Gasteiger charge is -2.18. The predicted octanol–water partition coefficient (Wildman–Crippen LogP) is 3.21. The number of nitro groups is 1. The van der Waals surface area contributed by atoms with E-state index in [2.05, 4.69) is 0 Å². The zero-order valence-electron chi connectivity index (χ0n) is 11.9. The van der Waals surface area contributed by atoms with Gasteiger partial charge in [-0.25, -0.2) is 8.42 Å². The third-order valence-corrected chi connectivity index (χ3v) is 5.34. The summed E-state index contributed by atoms with van der Waals surface area (Å²) in [6.07, 6.45) is 0. The second-order valence-corrected chi connectivity index (χ2v) is 7.17. The second kappa shape index (κ2) is 6.61. The van der Waals surface area contributed by atoms with Gasteiger partial charge in [0.1, 0.15) is 0 Å². The molecule has 0 aliphatic carbocycles. The largest absolute Gasteiger partial charge is 0.306 e. The first-order chi connectivity index (χ1) is 10.7. The van der Waals surface area contributed by atoms with E-state index in [1.165, 1.54) is 7.05 Å². The van der Waals surface area contributed by atoms with Crippen molar-refractivity contribution in [1.82, 2.24) is 4.31 Å². The van der Waals surface area contributed by atoms with Gasteiger partial charge in [0.05, 0.1) is 9.82 Å². The van der Waals surface area contributed by atoms with E-state index in [-0.39, 0.29) is 11.4 Å². The third-order valence-electron chi connectivity index (χ3n) is 3.17. The van der Waals surface area contributed by atoms with Crippen molar-refractivity contribution in [3.8, 4) is 0 Å². The SMILES string of the molecule is CN(Cc1ccccc1Cl)S(=O)(=O)c1ccc(F)c([N+](=O)[O-])c1. The van der Waals surface area contributed by atoms with Gasteiger partial charge in [-0.1, -0.05) is 29.8 Å². The van der Waals surface area contributed by atoms with Crippen molar-refractivity contribution in [2.24, 2.45) is 0 Å². The van der Waals surface area contributed by atoms with Crippen LogP contribution in [0.1, 0.15) is 5.56 Å². The average Bonchev–Trinajstić information content (AvgIpc) is 2.49. The molecule has 23 heavy (non-hydrogen) atoms. The highest BCUT2D eigenvalue weighted by Crippen LogP contribution is 2.25. The minimum atomic E-state index is -4.02. The van der Waals surface area contributed by atoms with Gasteiger partial charge in [0.25, 0.3) is 0 Å². The summed E-state index contributed by atoms with van der Waals surface area (Å²) >= 11 is 5.99. The summed E-state index contributed by atoms with van der Waals surface area (Å²) < 4.78 is 39.3. The molecule has 0 saturated heterocycles. The molecule has 2 aromatic rings. The fourth-order valence-corrected chi connectivity index (χ4v) is 3.29. The van der Waals surface area contributed by atoms with Crippen LogP contribution in [-0.4, -0.2) is 24.7 Å². The van der Waals surface area contributed by atoms with E-state index in [1.807, 2.05) is 0 Å². The minimum absolute atomic E-state index is 0.0207. The first kappa shape index (κ1) is 17.3. The number of hydrogen-bond acceptors (Lipinski definition) is 4. The van der Waals surface area contributed by atoms with E-state index in [0.717, 1.165) is 16.4 Å². The van der Waals surface area contributed by atoms with Crippen LogP contribution in [0, 0.1) is 15.9 Å². The van der Waals surface area contributed by atoms with Crippen LogP contribution >= 0.6 is 11.6 Å². The van der Waals surface area contributed by atoms with Crippen LogP contribution in [0.15, 0.2) is 47.4 Å². The fraction of sp³-hybridized carbons (Fsp3) is 0.143. The number of nitrogens with zero attached hydrogens (tertiary/aromatic N) is 2. The molecule has 0 bridgehead atoms. The summed E-state index contributed by atoms with van der Waals surface area (Å²) in [5.74, 6) is -1.09. The van der Waals surface area contributed by atoms with Crippen molar-refractivity contribution in [3.05, 3.63) is 69.0 Å². The third kappa shape index (κ3) is 3.66. The van der Waals surface area contributed by atoms with Gasteiger partial charge in [-0.2, -0.15) is 8.70 Å². The van der Waals surface area contributed by atoms with E-state index < -0.39 is 26.5 Å². The van der Waals surface area contributed by atoms with Gasteiger partial charge in [0.15, 0.2) is 0 Å². The first-order valence-electron chi connectivity index (χ1n) is 6.37. The summed E-state index contributed by atoms with van der Waals surface area (Å²) in [5.41, 5.74) is -0.311. The maximum atomic E-state index is 13.3. The van der Waals surface area contributed by atoms with Crippen LogP contribution in [0.25, 0.3) is 0 Å². The standard InChI is InChI=1S/C14H12ClFN2O4S/c1-17(9-10-4-2-3-5-12(10)15)23(21,22)11-6-7-13(16)14(8-11)18(19)20/h2-8H,9H2,1H3. The normalized spacial score (nSPS) is 11.7. The molecule has 0 radical (unpaired) electrons. The van der Waals surface area contributed by atoms with Gasteiger partial charge in [-0.15, -0.1) is 0 Å². The lowest BCUT2D eigenvalue weighted by molar-refractivity contribution is -0.387. The molecule has 9 heteroatoms. The highest BCUT2D eigenvalue weighted by Gasteiger charge is 2.25. The van der Waals surface area contributed by atoms with E-state index in [4.69, 9.17) is 11.6 Å². The van der Waals surface area contributed by atoms with Gasteiger partial charge in [0, 0.05) is 24.7 Å². The molecule has 2 rings (SSSR count). The van der Waals surface area contributed by atoms with Gasteiger partial charge >= 0.3 is 5.69 Å². The number of halogens is 2. The van der Waals surface area contributed by atoms with Crippen LogP contribution in [0.5, 0.6) is 0 Å². The van der Waals surface area contributed by atoms with Crippen molar-refractivity contribution >= 4 is 27.3 Å². The summed E-state index contributed by atoms with van der Waals surface area (Å²) in [7, 11) is -2.71. The Morgan fingerprint density at radius 1 is 1.26 bits per heavy atom. The summed E-state index contributed by atoms with van der Waals surface area (Å²) in [6, 6.07) is 9.17. The van der Waals surface area contributed by atoms with Gasteiger partial charge < -0.3 is 0 Å². The zero-order chi connectivity index (χ0) is 17.2. The highest BCUT2D eigenvalue weighted by atomic mass is 35.5. The van der Waals surface area contributed by atoms with Crippen molar-refractivity contribution in [1.29, 1.82) is 0 Å². The van der Waals surface area contributed by atoms with Gasteiger partial charge in [-0.05, 0) is 23.8 Å². The maximum absolute atomic E-state index is 13.3. The Morgan fingerprint density at radius 2 is 1.91 bits per heavy atom. The number of nitro benzene ring substituents is 1. The van der Waals surface area contributed by atoms with Crippen molar-refractivity contribution in [2.45, 2.75) is 11.4 Å². The Balaban J connectivity index is 2.36. The monoisotopic (exact) mass is 358 g/mol. The lowest BCUT2D eigenvalue weighted by atomic mass is 10.2. The molecule has 0 unspecified atom stereocenters. The van der Waals surface area contributed by atoms with E-state index in [0.29, 0.717) is 16.7 Å². The molecule has 0 heterocycles. The molecule has 0 N–H and O–H groups in total. The Hall–Kier alpha value is -2.03. The molecule has 0 aliphatic heterocycles. The Morgan fingerprint density at radius 3 is 2.52 bits per heavy atom. The number of rotatable bonds is 5. The number of hydrogen-bond donors (Lipinski definition) is 0. The molecule has 0 amide bonds. The highest BCUT2D eigenvalue weighted by molar-refractivity contribution is 7.89. The lowest BCUT2D eigenvalue weighted by Crippen LogP contribution is -2.26. The van der Waals surface area contributed by atoms with Crippen LogP contribution in [0.2, 0.25) is 5.02 Å². The molecular weight excluding hydrogens is 347 g/mol. The first-order valence-corrected chi connectivity index (χ1v) is 8.19. The van der Waals surface area contributed by atoms with Gasteiger partial charge in [-0.3, -0.25) is 10.1 Å². The molecule has 0 aliphatic rings. The maximum Gasteiger partial charge on any atom is 0.306 e. The topological polar surface area (TPSA) is 80.5 Å². The van der Waals surface area contributed by atoms with Crippen LogP contribution in [0.3, 0.4) is 0 Å². The van der Waals surface area contributed by atoms with Crippen molar-refractivity contribution < 1.29 is 17.7 Å². The molecule has 0 saturated carbocycles. The summed E-state index contributed by atoms with van der Waals surface area (Å²) in [4.78, 5) is 9.42. The predicted molar refractivity (Wildman–Crippen MR) is 83.2 cm³/mol. The zero-order valence-corrected chi connectivity index (χ0v) is 13.5. The Bertz CT molecular complexity index is 858. The number of benzene rings is 2. The van der Waals surface area contributed by atoms with Crippen molar-refractivity contribution in [2.75, 3.05) is 7.05 Å². The van der Waals surface area contributed by atoms with Crippen molar-refractivity contribution in [3.63, 3.8) is 0 Å². The number of sulfonamides is 1. The fourth-order valence-electron chi connectivity index (χ4n) is 1.92. The van der Waals surface area contributed by atoms with E-state index in [9.17, 15) is 22.9 Å². The molecule has 0 fully saturated rings. The smallest absolute Gasteiger partial charge is 0.258 e. The molecule has 0 atom stereocenters. The van der Waals surface area contributed by atoms with Crippen LogP contribution in [-0.2, 0) is 16.6 Å². The molecule has 0 spiro atoms. The molecular formula is C14H12ClFN2O4S. The quantitative estimate of drug-likeness (QED) is 0.607. The summed E-state index contributed by atoms with van der Waals surface area (Å²) in [5, 5.41) is 11.1. The van der Waals surface area contributed by atoms with E-state index >= 15 is 0 Å². The van der Waals surface area contributed by atoms with Crippen LogP contribution in [0.4, 0.5) is 10.1 Å². The molecule has 2 aromatic carbocycles. The Labute approximate surface area is 137 Å².